The number of carboxylic acids is 1. The van der Waals surface area contributed by atoms with Gasteiger partial charge in [0.2, 0.25) is 0 Å². The van der Waals surface area contributed by atoms with Crippen molar-refractivity contribution in [3.05, 3.63) is 35.4 Å². The SMILES string of the molecule is CC1C2CC(c3ccccc32)C1C(=O)O. The third kappa shape index (κ3) is 1.02. The molecule has 0 aromatic heterocycles. The van der Waals surface area contributed by atoms with Gasteiger partial charge in [-0.1, -0.05) is 31.2 Å². The normalized spacial score (nSPS) is 36.6. The Balaban J connectivity index is 2.10. The first-order valence-corrected chi connectivity index (χ1v) is 5.51. The predicted octanol–water partition coefficient (Wildman–Crippen LogP) is 2.61. The van der Waals surface area contributed by atoms with Gasteiger partial charge in [-0.15, -0.1) is 0 Å². The first-order chi connectivity index (χ1) is 7.20. The summed E-state index contributed by atoms with van der Waals surface area (Å²) in [7, 11) is 0. The van der Waals surface area contributed by atoms with Gasteiger partial charge in [-0.25, -0.2) is 0 Å². The van der Waals surface area contributed by atoms with E-state index in [-0.39, 0.29) is 11.8 Å². The number of hydrogen-bond acceptors (Lipinski definition) is 1. The van der Waals surface area contributed by atoms with Crippen LogP contribution in [-0.2, 0) is 4.79 Å². The Morgan fingerprint density at radius 3 is 2.47 bits per heavy atom. The Hall–Kier alpha value is -1.31. The molecular formula is C13H14O2. The number of aliphatic carboxylic acids is 1. The fourth-order valence-corrected chi connectivity index (χ4v) is 3.57. The first-order valence-electron chi connectivity index (χ1n) is 5.51. The number of rotatable bonds is 1. The largest absolute Gasteiger partial charge is 0.481 e. The lowest BCUT2D eigenvalue weighted by Gasteiger charge is -2.27. The van der Waals surface area contributed by atoms with Crippen LogP contribution < -0.4 is 0 Å². The zero-order chi connectivity index (χ0) is 10.6. The maximum atomic E-state index is 11.2. The van der Waals surface area contributed by atoms with E-state index in [0.717, 1.165) is 6.42 Å². The Bertz CT molecular complexity index is 424. The lowest BCUT2D eigenvalue weighted by molar-refractivity contribution is -0.143. The third-order valence-corrected chi connectivity index (χ3v) is 4.22. The number of hydrogen-bond donors (Lipinski definition) is 1. The van der Waals surface area contributed by atoms with Crippen LogP contribution in [0.2, 0.25) is 0 Å². The number of fused-ring (bicyclic) bond motifs is 5. The van der Waals surface area contributed by atoms with Crippen LogP contribution in [0.5, 0.6) is 0 Å². The molecule has 1 aromatic carbocycles. The lowest BCUT2D eigenvalue weighted by atomic mass is 9.77. The second-order valence-corrected chi connectivity index (χ2v) is 4.80. The molecule has 2 aliphatic carbocycles. The van der Waals surface area contributed by atoms with Crippen LogP contribution in [0.1, 0.15) is 36.3 Å². The first kappa shape index (κ1) is 8.96. The van der Waals surface area contributed by atoms with Gasteiger partial charge >= 0.3 is 5.97 Å². The highest BCUT2D eigenvalue weighted by Crippen LogP contribution is 2.59. The Kier molecular flexibility index (Phi) is 1.70. The van der Waals surface area contributed by atoms with Crippen molar-refractivity contribution in [1.82, 2.24) is 0 Å². The minimum absolute atomic E-state index is 0.162. The number of benzene rings is 1. The smallest absolute Gasteiger partial charge is 0.307 e. The van der Waals surface area contributed by atoms with Crippen LogP contribution in [0.4, 0.5) is 0 Å². The van der Waals surface area contributed by atoms with Gasteiger partial charge in [-0.05, 0) is 35.3 Å². The average molecular weight is 202 g/mol. The summed E-state index contributed by atoms with van der Waals surface area (Å²) in [5.41, 5.74) is 2.68. The average Bonchev–Trinajstić information content (AvgIpc) is 2.73. The number of carbonyl (C=O) groups is 1. The van der Waals surface area contributed by atoms with Crippen LogP contribution in [0, 0.1) is 11.8 Å². The highest BCUT2D eigenvalue weighted by Gasteiger charge is 2.51. The fraction of sp³-hybridized carbons (Fsp3) is 0.462. The highest BCUT2D eigenvalue weighted by molar-refractivity contribution is 5.74. The van der Waals surface area contributed by atoms with Gasteiger partial charge in [0, 0.05) is 0 Å². The molecular weight excluding hydrogens is 188 g/mol. The van der Waals surface area contributed by atoms with Gasteiger partial charge < -0.3 is 5.11 Å². The van der Waals surface area contributed by atoms with Crippen molar-refractivity contribution in [2.45, 2.75) is 25.2 Å². The van der Waals surface area contributed by atoms with Crippen LogP contribution in [0.25, 0.3) is 0 Å². The summed E-state index contributed by atoms with van der Waals surface area (Å²) in [6.45, 7) is 2.08. The van der Waals surface area contributed by atoms with Gasteiger partial charge in [-0.2, -0.15) is 0 Å². The molecule has 1 saturated carbocycles. The summed E-state index contributed by atoms with van der Waals surface area (Å²) in [6.07, 6.45) is 1.04. The topological polar surface area (TPSA) is 37.3 Å². The van der Waals surface area contributed by atoms with E-state index >= 15 is 0 Å². The fourth-order valence-electron chi connectivity index (χ4n) is 3.57. The molecule has 2 nitrogen and oxygen atoms in total. The molecule has 1 aromatic rings. The lowest BCUT2D eigenvalue weighted by Crippen LogP contribution is -2.26. The molecule has 2 aliphatic rings. The summed E-state index contributed by atoms with van der Waals surface area (Å²) in [4.78, 5) is 11.2. The maximum absolute atomic E-state index is 11.2. The molecule has 15 heavy (non-hydrogen) atoms. The van der Waals surface area contributed by atoms with Gasteiger partial charge in [0.15, 0.2) is 0 Å². The van der Waals surface area contributed by atoms with Crippen LogP contribution >= 0.6 is 0 Å². The van der Waals surface area contributed by atoms with E-state index < -0.39 is 5.97 Å². The molecule has 4 unspecified atom stereocenters. The molecule has 2 heteroatoms. The van der Waals surface area contributed by atoms with Crippen LogP contribution in [-0.4, -0.2) is 11.1 Å². The second-order valence-electron chi connectivity index (χ2n) is 4.80. The van der Waals surface area contributed by atoms with Crippen molar-refractivity contribution in [2.24, 2.45) is 11.8 Å². The van der Waals surface area contributed by atoms with Crippen LogP contribution in [0.15, 0.2) is 24.3 Å². The molecule has 1 N–H and O–H groups in total. The molecule has 0 spiro atoms. The van der Waals surface area contributed by atoms with Gasteiger partial charge in [0.1, 0.15) is 0 Å². The minimum atomic E-state index is -0.621. The molecule has 0 heterocycles. The molecule has 3 rings (SSSR count). The quantitative estimate of drug-likeness (QED) is 0.760. The van der Waals surface area contributed by atoms with E-state index in [2.05, 4.69) is 25.1 Å². The summed E-state index contributed by atoms with van der Waals surface area (Å²) >= 11 is 0. The summed E-state index contributed by atoms with van der Waals surface area (Å²) in [5, 5.41) is 9.23. The summed E-state index contributed by atoms with van der Waals surface area (Å²) in [5.74, 6) is 0.253. The molecule has 0 amide bonds. The zero-order valence-corrected chi connectivity index (χ0v) is 8.68. The van der Waals surface area contributed by atoms with Crippen LogP contribution in [0.3, 0.4) is 0 Å². The molecule has 1 fully saturated rings. The molecule has 4 atom stereocenters. The standard InChI is InChI=1S/C13H14O2/c1-7-10-6-11(12(7)13(14)15)9-5-3-2-4-8(9)10/h2-5,7,10-12H,6H2,1H3,(H,14,15). The van der Waals surface area contributed by atoms with Gasteiger partial charge in [0.25, 0.3) is 0 Å². The van der Waals surface area contributed by atoms with Crippen molar-refractivity contribution >= 4 is 5.97 Å². The van der Waals surface area contributed by atoms with Gasteiger partial charge in [0.05, 0.1) is 5.92 Å². The highest BCUT2D eigenvalue weighted by atomic mass is 16.4. The van der Waals surface area contributed by atoms with E-state index in [1.165, 1.54) is 11.1 Å². The van der Waals surface area contributed by atoms with Crippen molar-refractivity contribution < 1.29 is 9.90 Å². The Morgan fingerprint density at radius 2 is 1.87 bits per heavy atom. The molecule has 2 bridgehead atoms. The van der Waals surface area contributed by atoms with Crippen molar-refractivity contribution in [3.63, 3.8) is 0 Å². The zero-order valence-electron chi connectivity index (χ0n) is 8.68. The maximum Gasteiger partial charge on any atom is 0.307 e. The number of carboxylic acid groups (broad SMARTS) is 1. The van der Waals surface area contributed by atoms with Crippen molar-refractivity contribution in [3.8, 4) is 0 Å². The van der Waals surface area contributed by atoms with E-state index in [1.54, 1.807) is 0 Å². The van der Waals surface area contributed by atoms with E-state index in [0.29, 0.717) is 11.8 Å². The Morgan fingerprint density at radius 1 is 1.27 bits per heavy atom. The predicted molar refractivity (Wildman–Crippen MR) is 56.8 cm³/mol. The van der Waals surface area contributed by atoms with E-state index in [9.17, 15) is 9.90 Å². The summed E-state index contributed by atoms with van der Waals surface area (Å²) in [6, 6.07) is 8.33. The minimum Gasteiger partial charge on any atom is -0.481 e. The second kappa shape index (κ2) is 2.84. The molecule has 0 radical (unpaired) electrons. The van der Waals surface area contributed by atoms with Crippen molar-refractivity contribution in [2.75, 3.05) is 0 Å². The molecule has 0 aliphatic heterocycles. The monoisotopic (exact) mass is 202 g/mol. The summed E-state index contributed by atoms with van der Waals surface area (Å²) < 4.78 is 0. The third-order valence-electron chi connectivity index (χ3n) is 4.22. The Labute approximate surface area is 88.9 Å². The van der Waals surface area contributed by atoms with E-state index in [1.807, 2.05) is 6.07 Å². The molecule has 0 saturated heterocycles. The van der Waals surface area contributed by atoms with Gasteiger partial charge in [-0.3, -0.25) is 4.79 Å². The van der Waals surface area contributed by atoms with Crippen molar-refractivity contribution in [1.29, 1.82) is 0 Å². The molecule has 78 valence electrons. The van der Waals surface area contributed by atoms with E-state index in [4.69, 9.17) is 0 Å².